The Bertz CT molecular complexity index is 1480. The molecular formula is C26H30N4O11S. The van der Waals surface area contributed by atoms with Crippen LogP contribution >= 0.6 is 12.2 Å². The minimum atomic E-state index is -1.51. The van der Waals surface area contributed by atoms with Crippen LogP contribution in [0.3, 0.4) is 0 Å². The maximum Gasteiger partial charge on any atom is 0.303 e. The number of ether oxygens (including phenoxy) is 6. The van der Waals surface area contributed by atoms with Gasteiger partial charge >= 0.3 is 23.9 Å². The summed E-state index contributed by atoms with van der Waals surface area (Å²) in [5.41, 5.74) is -0.247. The summed E-state index contributed by atoms with van der Waals surface area (Å²) in [6.45, 7) is 3.97. The molecule has 2 aromatic rings. The Balaban J connectivity index is 2.17. The Morgan fingerprint density at radius 1 is 0.929 bits per heavy atom. The van der Waals surface area contributed by atoms with Crippen LogP contribution in [0.15, 0.2) is 29.1 Å². The van der Waals surface area contributed by atoms with Gasteiger partial charge in [-0.2, -0.15) is 9.77 Å². The number of methoxy groups -OCH3 is 1. The number of nitrogens with two attached hydrogens (primary N) is 1. The van der Waals surface area contributed by atoms with Gasteiger partial charge in [0.05, 0.1) is 7.11 Å². The molecule has 42 heavy (non-hydrogen) atoms. The van der Waals surface area contributed by atoms with Crippen LogP contribution in [-0.2, 0) is 42.9 Å². The SMILES string of the molecule is COc1ccc(/C=C/c2nn([C@@H]3O[C@H](COC(C)=O)[C@@H](OC(C)=O)[C@H](OC(C)=O)[C@H]3OC(C)=O)c(=S)n(N)c2=O)cc1. The lowest BCUT2D eigenvalue weighted by atomic mass is 9.97. The second kappa shape index (κ2) is 13.9. The van der Waals surface area contributed by atoms with E-state index in [4.69, 9.17) is 46.5 Å². The predicted octanol–water partition coefficient (Wildman–Crippen LogP) is 0.923. The van der Waals surface area contributed by atoms with Crippen LogP contribution < -0.4 is 16.1 Å². The van der Waals surface area contributed by atoms with Crippen molar-refractivity contribution in [2.45, 2.75) is 58.3 Å². The van der Waals surface area contributed by atoms with Crippen LogP contribution in [-0.4, -0.2) is 76.5 Å². The number of esters is 4. The molecule has 0 aliphatic carbocycles. The summed E-state index contributed by atoms with van der Waals surface area (Å²) in [7, 11) is 1.53. The highest BCUT2D eigenvalue weighted by Gasteiger charge is 2.53. The number of hydrogen-bond acceptors (Lipinski definition) is 14. The van der Waals surface area contributed by atoms with Gasteiger partial charge in [-0.3, -0.25) is 24.0 Å². The van der Waals surface area contributed by atoms with Gasteiger partial charge in [0.25, 0.3) is 5.56 Å². The summed E-state index contributed by atoms with van der Waals surface area (Å²) in [4.78, 5) is 60.8. The van der Waals surface area contributed by atoms with Crippen molar-refractivity contribution in [2.24, 2.45) is 0 Å². The van der Waals surface area contributed by atoms with Crippen molar-refractivity contribution >= 4 is 48.2 Å². The van der Waals surface area contributed by atoms with E-state index in [1.807, 2.05) is 0 Å². The van der Waals surface area contributed by atoms with E-state index in [1.165, 1.54) is 13.2 Å². The minimum Gasteiger partial charge on any atom is -0.497 e. The second-order valence-electron chi connectivity index (χ2n) is 8.98. The minimum absolute atomic E-state index is 0.185. The van der Waals surface area contributed by atoms with Gasteiger partial charge in [-0.15, -0.1) is 0 Å². The topological polar surface area (TPSA) is 190 Å². The third kappa shape index (κ3) is 7.79. The van der Waals surface area contributed by atoms with Gasteiger partial charge in [-0.25, -0.2) is 4.68 Å². The van der Waals surface area contributed by atoms with Gasteiger partial charge in [-0.1, -0.05) is 18.2 Å². The standard InChI is InChI=1S/C26H30N4O11S/c1-13(31)37-12-20-21(38-14(2)32)22(39-15(3)33)23(40-16(4)34)25(41-20)30-26(42)29(27)24(35)19(28-30)11-8-17-6-9-18(36-5)10-7-17/h6-11,20-23,25H,12,27H2,1-5H3/b11-8+/t20-,21-,22+,23-,25-/m1/s1. The zero-order chi connectivity index (χ0) is 31.1. The normalized spacial score (nSPS) is 21.8. The highest BCUT2D eigenvalue weighted by molar-refractivity contribution is 7.71. The van der Waals surface area contributed by atoms with Crippen LogP contribution in [0.25, 0.3) is 12.2 Å². The molecule has 1 aromatic heterocycles. The fraction of sp³-hybridized carbons (Fsp3) is 0.423. The molecule has 1 saturated heterocycles. The molecule has 0 saturated carbocycles. The monoisotopic (exact) mass is 606 g/mol. The zero-order valence-corrected chi connectivity index (χ0v) is 24.2. The van der Waals surface area contributed by atoms with Gasteiger partial charge in [0.2, 0.25) is 4.77 Å². The average molecular weight is 607 g/mol. The Morgan fingerprint density at radius 2 is 1.50 bits per heavy atom. The number of aromatic nitrogens is 3. The van der Waals surface area contributed by atoms with Crippen molar-refractivity contribution in [3.05, 3.63) is 50.6 Å². The molecule has 0 amide bonds. The fourth-order valence-corrected chi connectivity index (χ4v) is 4.31. The molecule has 1 aliphatic rings. The first-order chi connectivity index (χ1) is 19.8. The third-order valence-corrected chi connectivity index (χ3v) is 6.20. The first kappa shape index (κ1) is 32.0. The lowest BCUT2D eigenvalue weighted by molar-refractivity contribution is -0.271. The van der Waals surface area contributed by atoms with Gasteiger partial charge in [0.1, 0.15) is 18.5 Å². The molecular weight excluding hydrogens is 576 g/mol. The van der Waals surface area contributed by atoms with E-state index >= 15 is 0 Å². The maximum atomic E-state index is 12.9. The Hall–Kier alpha value is -4.57. The number of nitrogens with zero attached hydrogens (tertiary/aromatic N) is 3. The first-order valence-corrected chi connectivity index (χ1v) is 12.9. The highest BCUT2D eigenvalue weighted by atomic mass is 32.1. The molecule has 3 rings (SSSR count). The van der Waals surface area contributed by atoms with E-state index < -0.39 is 66.7 Å². The summed E-state index contributed by atoms with van der Waals surface area (Å²) in [6.07, 6.45) is -4.18. The van der Waals surface area contributed by atoms with Crippen molar-refractivity contribution in [1.82, 2.24) is 14.5 Å². The average Bonchev–Trinajstić information content (AvgIpc) is 2.92. The van der Waals surface area contributed by atoms with Crippen LogP contribution in [0.1, 0.15) is 45.2 Å². The molecule has 0 unspecified atom stereocenters. The molecule has 16 heteroatoms. The lowest BCUT2D eigenvalue weighted by Crippen LogP contribution is -2.61. The van der Waals surface area contributed by atoms with Gasteiger partial charge in [0.15, 0.2) is 30.2 Å². The Kier molecular flexibility index (Phi) is 10.5. The summed E-state index contributed by atoms with van der Waals surface area (Å²) in [5, 5.41) is 4.31. The van der Waals surface area contributed by atoms with Crippen LogP contribution in [0, 0.1) is 4.77 Å². The quantitative estimate of drug-likeness (QED) is 0.183. The molecule has 1 fully saturated rings. The molecule has 2 heterocycles. The van der Waals surface area contributed by atoms with E-state index in [-0.39, 0.29) is 10.5 Å². The van der Waals surface area contributed by atoms with Crippen molar-refractivity contribution in [3.63, 3.8) is 0 Å². The van der Waals surface area contributed by atoms with E-state index in [1.54, 1.807) is 30.3 Å². The van der Waals surface area contributed by atoms with Crippen LogP contribution in [0.4, 0.5) is 0 Å². The summed E-state index contributed by atoms with van der Waals surface area (Å²) in [5.74, 6) is 3.51. The first-order valence-electron chi connectivity index (χ1n) is 12.5. The molecule has 226 valence electrons. The Morgan fingerprint density at radius 3 is 2.05 bits per heavy atom. The van der Waals surface area contributed by atoms with Gasteiger partial charge < -0.3 is 34.3 Å². The molecule has 5 atom stereocenters. The molecule has 2 N–H and O–H groups in total. The molecule has 0 spiro atoms. The lowest BCUT2D eigenvalue weighted by Gasteiger charge is -2.44. The van der Waals surface area contributed by atoms with E-state index in [9.17, 15) is 24.0 Å². The van der Waals surface area contributed by atoms with E-state index in [0.29, 0.717) is 16.0 Å². The van der Waals surface area contributed by atoms with E-state index in [2.05, 4.69) is 5.10 Å². The predicted molar refractivity (Wildman–Crippen MR) is 147 cm³/mol. The fourth-order valence-electron chi connectivity index (χ4n) is 4.09. The molecule has 15 nitrogen and oxygen atoms in total. The van der Waals surface area contributed by atoms with Crippen molar-refractivity contribution < 1.29 is 47.6 Å². The number of benzene rings is 1. The number of rotatable bonds is 9. The number of carbonyl (C=O) groups is 4. The smallest absolute Gasteiger partial charge is 0.303 e. The Labute approximate surface area is 244 Å². The van der Waals surface area contributed by atoms with Crippen LogP contribution in [0.5, 0.6) is 5.75 Å². The second-order valence-corrected chi connectivity index (χ2v) is 9.35. The third-order valence-electron chi connectivity index (χ3n) is 5.81. The highest BCUT2D eigenvalue weighted by Crippen LogP contribution is 2.34. The summed E-state index contributed by atoms with van der Waals surface area (Å²) >= 11 is 5.37. The van der Waals surface area contributed by atoms with Crippen LogP contribution in [0.2, 0.25) is 0 Å². The molecule has 1 aromatic carbocycles. The molecule has 0 bridgehead atoms. The van der Waals surface area contributed by atoms with Crippen molar-refractivity contribution in [2.75, 3.05) is 19.6 Å². The van der Waals surface area contributed by atoms with Gasteiger partial charge in [-0.05, 0) is 36.0 Å². The maximum absolute atomic E-state index is 12.9. The largest absolute Gasteiger partial charge is 0.497 e. The summed E-state index contributed by atoms with van der Waals surface area (Å²) < 4.78 is 33.8. The summed E-state index contributed by atoms with van der Waals surface area (Å²) in [6, 6.07) is 6.92. The van der Waals surface area contributed by atoms with Crippen molar-refractivity contribution in [3.8, 4) is 5.75 Å². The number of carbonyl (C=O) groups excluding carboxylic acids is 4. The number of hydrogen-bond donors (Lipinski definition) is 1. The number of nitrogen functional groups attached to an aromatic ring is 1. The van der Waals surface area contributed by atoms with Crippen molar-refractivity contribution in [1.29, 1.82) is 0 Å². The zero-order valence-electron chi connectivity index (χ0n) is 23.4. The molecule has 0 radical (unpaired) electrons. The van der Waals surface area contributed by atoms with E-state index in [0.717, 1.165) is 32.4 Å². The molecule has 1 aliphatic heterocycles. The van der Waals surface area contributed by atoms with Gasteiger partial charge in [0, 0.05) is 27.7 Å².